The van der Waals surface area contributed by atoms with Gasteiger partial charge < -0.3 is 0 Å². The Bertz CT molecular complexity index is 403. The highest BCUT2D eigenvalue weighted by molar-refractivity contribution is 5.49. The third kappa shape index (κ3) is 0.897. The summed E-state index contributed by atoms with van der Waals surface area (Å²) < 4.78 is 1.83. The van der Waals surface area contributed by atoms with E-state index in [0.717, 1.165) is 17.8 Å². The van der Waals surface area contributed by atoms with Crippen LogP contribution in [0.1, 0.15) is 18.2 Å². The molecule has 62 valence electrons. The van der Waals surface area contributed by atoms with Crippen LogP contribution in [0.5, 0.6) is 0 Å². The van der Waals surface area contributed by atoms with E-state index in [1.54, 1.807) is 6.20 Å². The SMILES string of the molecule is CCc1c(C)nn2cccnc12. The van der Waals surface area contributed by atoms with Crippen LogP contribution in [0.25, 0.3) is 5.65 Å². The van der Waals surface area contributed by atoms with E-state index in [1.807, 2.05) is 23.7 Å². The Kier molecular flexibility index (Phi) is 1.57. The first-order chi connectivity index (χ1) is 5.83. The van der Waals surface area contributed by atoms with Gasteiger partial charge in [-0.25, -0.2) is 9.50 Å². The van der Waals surface area contributed by atoms with Crippen LogP contribution in [0.4, 0.5) is 0 Å². The highest BCUT2D eigenvalue weighted by Crippen LogP contribution is 2.12. The van der Waals surface area contributed by atoms with Crippen molar-refractivity contribution in [1.82, 2.24) is 14.6 Å². The van der Waals surface area contributed by atoms with Crippen molar-refractivity contribution in [3.05, 3.63) is 29.7 Å². The second kappa shape index (κ2) is 2.59. The van der Waals surface area contributed by atoms with Gasteiger partial charge in [-0.3, -0.25) is 0 Å². The van der Waals surface area contributed by atoms with Gasteiger partial charge >= 0.3 is 0 Å². The predicted molar refractivity (Wildman–Crippen MR) is 47.1 cm³/mol. The molecular weight excluding hydrogens is 150 g/mol. The molecule has 2 heterocycles. The van der Waals surface area contributed by atoms with E-state index >= 15 is 0 Å². The summed E-state index contributed by atoms with van der Waals surface area (Å²) in [5.41, 5.74) is 3.31. The van der Waals surface area contributed by atoms with Gasteiger partial charge in [-0.2, -0.15) is 5.10 Å². The third-order valence-electron chi connectivity index (χ3n) is 2.05. The van der Waals surface area contributed by atoms with Gasteiger partial charge in [0.05, 0.1) is 5.69 Å². The van der Waals surface area contributed by atoms with Gasteiger partial charge in [0.15, 0.2) is 5.65 Å². The highest BCUT2D eigenvalue weighted by Gasteiger charge is 2.06. The van der Waals surface area contributed by atoms with Crippen molar-refractivity contribution in [3.63, 3.8) is 0 Å². The molecule has 0 aliphatic carbocycles. The van der Waals surface area contributed by atoms with E-state index in [9.17, 15) is 0 Å². The molecule has 12 heavy (non-hydrogen) atoms. The van der Waals surface area contributed by atoms with Gasteiger partial charge in [-0.1, -0.05) is 6.92 Å². The summed E-state index contributed by atoms with van der Waals surface area (Å²) in [6.45, 7) is 4.15. The van der Waals surface area contributed by atoms with E-state index in [4.69, 9.17) is 0 Å². The Balaban J connectivity index is 2.81. The molecule has 0 unspecified atom stereocenters. The average molecular weight is 161 g/mol. The van der Waals surface area contributed by atoms with Crippen molar-refractivity contribution in [2.24, 2.45) is 0 Å². The third-order valence-corrected chi connectivity index (χ3v) is 2.05. The largest absolute Gasteiger partial charge is 0.237 e. The first-order valence-electron chi connectivity index (χ1n) is 4.11. The lowest BCUT2D eigenvalue weighted by atomic mass is 10.2. The second-order valence-corrected chi connectivity index (χ2v) is 2.81. The molecule has 2 aromatic heterocycles. The minimum atomic E-state index is 0.984. The second-order valence-electron chi connectivity index (χ2n) is 2.81. The minimum Gasteiger partial charge on any atom is -0.237 e. The Morgan fingerprint density at radius 2 is 2.33 bits per heavy atom. The summed E-state index contributed by atoms with van der Waals surface area (Å²) in [5, 5.41) is 4.34. The van der Waals surface area contributed by atoms with Crippen LogP contribution >= 0.6 is 0 Å². The van der Waals surface area contributed by atoms with Crippen molar-refractivity contribution in [2.75, 3.05) is 0 Å². The normalized spacial score (nSPS) is 10.8. The lowest BCUT2D eigenvalue weighted by Crippen LogP contribution is -1.88. The van der Waals surface area contributed by atoms with Crippen molar-refractivity contribution in [1.29, 1.82) is 0 Å². The lowest BCUT2D eigenvalue weighted by Gasteiger charge is -1.91. The van der Waals surface area contributed by atoms with Crippen LogP contribution in [0.3, 0.4) is 0 Å². The zero-order chi connectivity index (χ0) is 8.55. The molecule has 0 aromatic carbocycles. The standard InChI is InChI=1S/C9H11N3/c1-3-8-7(2)11-12-6-4-5-10-9(8)12/h4-6H,3H2,1-2H3. The van der Waals surface area contributed by atoms with Gasteiger partial charge in [0.25, 0.3) is 0 Å². The topological polar surface area (TPSA) is 30.2 Å². The van der Waals surface area contributed by atoms with Crippen molar-refractivity contribution in [2.45, 2.75) is 20.3 Å². The van der Waals surface area contributed by atoms with Crippen molar-refractivity contribution in [3.8, 4) is 0 Å². The summed E-state index contributed by atoms with van der Waals surface area (Å²) in [6.07, 6.45) is 4.72. The molecule has 0 saturated carbocycles. The molecule has 0 atom stereocenters. The maximum absolute atomic E-state index is 4.34. The van der Waals surface area contributed by atoms with Crippen molar-refractivity contribution < 1.29 is 0 Å². The Morgan fingerprint density at radius 3 is 3.08 bits per heavy atom. The smallest absolute Gasteiger partial charge is 0.158 e. The van der Waals surface area contributed by atoms with Gasteiger partial charge in [0, 0.05) is 18.0 Å². The number of aromatic nitrogens is 3. The molecule has 2 rings (SSSR count). The van der Waals surface area contributed by atoms with Crippen molar-refractivity contribution >= 4 is 5.65 Å². The zero-order valence-corrected chi connectivity index (χ0v) is 7.28. The molecule has 3 nitrogen and oxygen atoms in total. The molecule has 0 fully saturated rings. The van der Waals surface area contributed by atoms with E-state index < -0.39 is 0 Å². The Labute approximate surface area is 71.1 Å². The van der Waals surface area contributed by atoms with Crippen LogP contribution in [-0.2, 0) is 6.42 Å². The maximum atomic E-state index is 4.34. The summed E-state index contributed by atoms with van der Waals surface area (Å²) in [5.74, 6) is 0. The van der Waals surface area contributed by atoms with Gasteiger partial charge in [0.2, 0.25) is 0 Å². The van der Waals surface area contributed by atoms with E-state index in [1.165, 1.54) is 5.56 Å². The number of rotatable bonds is 1. The lowest BCUT2D eigenvalue weighted by molar-refractivity contribution is 0.916. The molecule has 0 N–H and O–H groups in total. The fraction of sp³-hybridized carbons (Fsp3) is 0.333. The van der Waals surface area contributed by atoms with E-state index in [2.05, 4.69) is 17.0 Å². The molecule has 2 aromatic rings. The Morgan fingerprint density at radius 1 is 1.50 bits per heavy atom. The quantitative estimate of drug-likeness (QED) is 0.636. The number of nitrogens with zero attached hydrogens (tertiary/aromatic N) is 3. The van der Waals surface area contributed by atoms with Crippen LogP contribution < -0.4 is 0 Å². The average Bonchev–Trinajstić information content (AvgIpc) is 2.40. The molecule has 0 aliphatic rings. The van der Waals surface area contributed by atoms with Crippen LogP contribution in [0.2, 0.25) is 0 Å². The summed E-state index contributed by atoms with van der Waals surface area (Å²) in [6, 6.07) is 1.89. The number of aryl methyl sites for hydroxylation is 2. The van der Waals surface area contributed by atoms with Crippen LogP contribution in [-0.4, -0.2) is 14.6 Å². The summed E-state index contributed by atoms with van der Waals surface area (Å²) in [7, 11) is 0. The molecule has 0 aliphatic heterocycles. The van der Waals surface area contributed by atoms with Gasteiger partial charge in [-0.05, 0) is 19.4 Å². The number of fused-ring (bicyclic) bond motifs is 1. The number of hydrogen-bond donors (Lipinski definition) is 0. The first kappa shape index (κ1) is 7.28. The van der Waals surface area contributed by atoms with Crippen LogP contribution in [0, 0.1) is 6.92 Å². The summed E-state index contributed by atoms with van der Waals surface area (Å²) in [4.78, 5) is 4.27. The molecule has 0 bridgehead atoms. The molecule has 0 radical (unpaired) electrons. The zero-order valence-electron chi connectivity index (χ0n) is 7.28. The molecule has 0 saturated heterocycles. The minimum absolute atomic E-state index is 0.984. The Hall–Kier alpha value is -1.38. The van der Waals surface area contributed by atoms with Gasteiger partial charge in [0.1, 0.15) is 0 Å². The molecule has 3 heteroatoms. The van der Waals surface area contributed by atoms with E-state index in [0.29, 0.717) is 0 Å². The first-order valence-corrected chi connectivity index (χ1v) is 4.11. The summed E-state index contributed by atoms with van der Waals surface area (Å²) >= 11 is 0. The molecule has 0 amide bonds. The van der Waals surface area contributed by atoms with Gasteiger partial charge in [-0.15, -0.1) is 0 Å². The fourth-order valence-corrected chi connectivity index (χ4v) is 1.46. The fourth-order valence-electron chi connectivity index (χ4n) is 1.46. The monoisotopic (exact) mass is 161 g/mol. The highest BCUT2D eigenvalue weighted by atomic mass is 15.2. The maximum Gasteiger partial charge on any atom is 0.158 e. The predicted octanol–water partition coefficient (Wildman–Crippen LogP) is 1.60. The molecular formula is C9H11N3. The van der Waals surface area contributed by atoms with Crippen LogP contribution in [0.15, 0.2) is 18.5 Å². The number of hydrogen-bond acceptors (Lipinski definition) is 2. The van der Waals surface area contributed by atoms with E-state index in [-0.39, 0.29) is 0 Å². The molecule has 0 spiro atoms.